The second kappa shape index (κ2) is 9.17. The predicted octanol–water partition coefficient (Wildman–Crippen LogP) is 3.83. The molecule has 26 heavy (non-hydrogen) atoms. The van der Waals surface area contributed by atoms with Gasteiger partial charge < -0.3 is 9.64 Å². The minimum Gasteiger partial charge on any atom is -0.490 e. The first-order valence-electron chi connectivity index (χ1n) is 8.00. The summed E-state index contributed by atoms with van der Waals surface area (Å²) in [7, 11) is 1.70. The van der Waals surface area contributed by atoms with Crippen molar-refractivity contribution < 1.29 is 14.5 Å². The molecule has 6 heteroatoms. The molecule has 0 saturated heterocycles. The molecular weight excluding hydrogens is 332 g/mol. The molecule has 2 aromatic rings. The van der Waals surface area contributed by atoms with Gasteiger partial charge in [-0.2, -0.15) is 0 Å². The first-order valence-corrected chi connectivity index (χ1v) is 8.00. The van der Waals surface area contributed by atoms with Crippen molar-refractivity contribution in [1.82, 2.24) is 4.90 Å². The number of carbonyl (C=O) groups is 1. The summed E-state index contributed by atoms with van der Waals surface area (Å²) in [6.07, 6.45) is 4.65. The molecule has 0 bridgehead atoms. The van der Waals surface area contributed by atoms with Crippen LogP contribution in [0.15, 0.2) is 67.3 Å². The first kappa shape index (κ1) is 18.9. The molecule has 0 aliphatic carbocycles. The summed E-state index contributed by atoms with van der Waals surface area (Å²) in [5.74, 6) is 0.552. The number of ether oxygens (including phenoxy) is 1. The Hall–Kier alpha value is -3.41. The highest BCUT2D eigenvalue weighted by atomic mass is 16.6. The van der Waals surface area contributed by atoms with Crippen LogP contribution in [0, 0.1) is 10.1 Å². The number of hydrogen-bond acceptors (Lipinski definition) is 4. The summed E-state index contributed by atoms with van der Waals surface area (Å²) >= 11 is 0. The molecule has 6 nitrogen and oxygen atoms in total. The summed E-state index contributed by atoms with van der Waals surface area (Å²) in [6.45, 7) is 4.48. The lowest BCUT2D eigenvalue weighted by Gasteiger charge is -2.15. The summed E-state index contributed by atoms with van der Waals surface area (Å²) in [4.78, 5) is 24.1. The van der Waals surface area contributed by atoms with Gasteiger partial charge in [-0.15, -0.1) is 0 Å². The number of non-ortho nitro benzene ring substituents is 1. The number of likely N-dealkylation sites (N-methyl/N-ethyl adjacent to an activating group) is 1. The van der Waals surface area contributed by atoms with Crippen LogP contribution in [0.1, 0.15) is 11.1 Å². The van der Waals surface area contributed by atoms with Crippen molar-refractivity contribution >= 4 is 17.7 Å². The third-order valence-electron chi connectivity index (χ3n) is 3.59. The van der Waals surface area contributed by atoms with Crippen LogP contribution in [0.3, 0.4) is 0 Å². The van der Waals surface area contributed by atoms with Crippen LogP contribution >= 0.6 is 0 Å². The lowest BCUT2D eigenvalue weighted by molar-refractivity contribution is -0.384. The molecule has 0 heterocycles. The number of nitro benzene ring substituents is 1. The highest BCUT2D eigenvalue weighted by Gasteiger charge is 2.07. The average Bonchev–Trinajstić information content (AvgIpc) is 2.65. The fourth-order valence-electron chi connectivity index (χ4n) is 2.23. The number of benzene rings is 2. The fraction of sp³-hybridized carbons (Fsp3) is 0.150. The Labute approximate surface area is 152 Å². The number of nitro groups is 1. The quantitative estimate of drug-likeness (QED) is 0.313. The zero-order chi connectivity index (χ0) is 18.9. The molecule has 2 rings (SSSR count). The van der Waals surface area contributed by atoms with E-state index in [0.717, 1.165) is 11.3 Å². The normalized spacial score (nSPS) is 10.5. The van der Waals surface area contributed by atoms with Crippen LogP contribution in [0.4, 0.5) is 5.69 Å². The van der Waals surface area contributed by atoms with Gasteiger partial charge in [0.15, 0.2) is 0 Å². The van der Waals surface area contributed by atoms with Gasteiger partial charge in [-0.05, 0) is 29.3 Å². The van der Waals surface area contributed by atoms with Crippen LogP contribution in [-0.4, -0.2) is 29.4 Å². The van der Waals surface area contributed by atoms with Crippen molar-refractivity contribution in [3.05, 3.63) is 88.5 Å². The maximum Gasteiger partial charge on any atom is 0.270 e. The third kappa shape index (κ3) is 5.59. The van der Waals surface area contributed by atoms with E-state index in [-0.39, 0.29) is 11.6 Å². The molecular formula is C20H20N2O4. The summed E-state index contributed by atoms with van der Waals surface area (Å²) in [6, 6.07) is 13.6. The molecule has 0 unspecified atom stereocenters. The van der Waals surface area contributed by atoms with Crippen molar-refractivity contribution in [2.24, 2.45) is 0 Å². The van der Waals surface area contributed by atoms with E-state index in [1.165, 1.54) is 18.2 Å². The van der Waals surface area contributed by atoms with Crippen molar-refractivity contribution in [1.29, 1.82) is 0 Å². The second-order valence-corrected chi connectivity index (χ2v) is 5.62. The number of nitrogens with zero attached hydrogens (tertiary/aromatic N) is 2. The van der Waals surface area contributed by atoms with Crippen molar-refractivity contribution in [3.8, 4) is 5.75 Å². The van der Waals surface area contributed by atoms with Gasteiger partial charge in [0.1, 0.15) is 12.4 Å². The maximum atomic E-state index is 12.2. The monoisotopic (exact) mass is 352 g/mol. The van der Waals surface area contributed by atoms with Crippen LogP contribution in [0.5, 0.6) is 5.75 Å². The molecule has 0 atom stereocenters. The minimum atomic E-state index is -0.465. The van der Waals surface area contributed by atoms with E-state index in [1.54, 1.807) is 36.2 Å². The van der Waals surface area contributed by atoms with Crippen molar-refractivity contribution in [2.45, 2.75) is 6.54 Å². The van der Waals surface area contributed by atoms with Gasteiger partial charge in [-0.25, -0.2) is 0 Å². The lowest BCUT2D eigenvalue weighted by Crippen LogP contribution is -2.24. The fourth-order valence-corrected chi connectivity index (χ4v) is 2.23. The van der Waals surface area contributed by atoms with Gasteiger partial charge in [-0.1, -0.05) is 36.9 Å². The van der Waals surface area contributed by atoms with Crippen molar-refractivity contribution in [2.75, 3.05) is 13.7 Å². The van der Waals surface area contributed by atoms with E-state index in [1.807, 2.05) is 24.3 Å². The highest BCUT2D eigenvalue weighted by molar-refractivity contribution is 5.91. The predicted molar refractivity (Wildman–Crippen MR) is 101 cm³/mol. The van der Waals surface area contributed by atoms with Crippen LogP contribution in [-0.2, 0) is 11.3 Å². The molecule has 0 spiro atoms. The second-order valence-electron chi connectivity index (χ2n) is 5.62. The SMILES string of the molecule is C=CCOc1ccc(CN(C)C(=O)/C=C/c2cccc([N+](=O)[O-])c2)cc1. The van der Waals surface area contributed by atoms with Crippen LogP contribution < -0.4 is 4.74 Å². The zero-order valence-electron chi connectivity index (χ0n) is 14.5. The Kier molecular flexibility index (Phi) is 6.68. The number of hydrogen-bond donors (Lipinski definition) is 0. The molecule has 0 saturated carbocycles. The molecule has 134 valence electrons. The number of amides is 1. The van der Waals surface area contributed by atoms with E-state index < -0.39 is 4.92 Å². The molecule has 0 fully saturated rings. The summed E-state index contributed by atoms with van der Waals surface area (Å²) < 4.78 is 5.42. The molecule has 0 aliphatic heterocycles. The molecule has 1 amide bonds. The molecule has 0 radical (unpaired) electrons. The number of rotatable bonds is 8. The third-order valence-corrected chi connectivity index (χ3v) is 3.59. The van der Waals surface area contributed by atoms with Crippen LogP contribution in [0.2, 0.25) is 0 Å². The number of carbonyl (C=O) groups excluding carboxylic acids is 1. The molecule has 2 aromatic carbocycles. The van der Waals surface area contributed by atoms with Gasteiger partial charge in [0.2, 0.25) is 5.91 Å². The average molecular weight is 352 g/mol. The molecule has 0 aliphatic rings. The zero-order valence-corrected chi connectivity index (χ0v) is 14.5. The lowest BCUT2D eigenvalue weighted by atomic mass is 10.2. The van der Waals surface area contributed by atoms with Gasteiger partial charge in [0, 0.05) is 31.8 Å². The van der Waals surface area contributed by atoms with E-state index in [0.29, 0.717) is 18.7 Å². The van der Waals surface area contributed by atoms with Gasteiger partial charge >= 0.3 is 0 Å². The Bertz CT molecular complexity index is 813. The van der Waals surface area contributed by atoms with E-state index in [4.69, 9.17) is 4.74 Å². The van der Waals surface area contributed by atoms with Gasteiger partial charge in [-0.3, -0.25) is 14.9 Å². The Morgan fingerprint density at radius 2 is 2.00 bits per heavy atom. The minimum absolute atomic E-state index is 0.00767. The topological polar surface area (TPSA) is 72.7 Å². The molecule has 0 aromatic heterocycles. The largest absolute Gasteiger partial charge is 0.490 e. The summed E-state index contributed by atoms with van der Waals surface area (Å²) in [5, 5.41) is 10.8. The maximum absolute atomic E-state index is 12.2. The summed E-state index contributed by atoms with van der Waals surface area (Å²) in [5.41, 5.74) is 1.56. The van der Waals surface area contributed by atoms with Crippen molar-refractivity contribution in [3.63, 3.8) is 0 Å². The molecule has 0 N–H and O–H groups in total. The Morgan fingerprint density at radius 3 is 2.65 bits per heavy atom. The first-order chi connectivity index (χ1) is 12.5. The Morgan fingerprint density at radius 1 is 1.27 bits per heavy atom. The highest BCUT2D eigenvalue weighted by Crippen LogP contribution is 2.15. The van der Waals surface area contributed by atoms with Gasteiger partial charge in [0.05, 0.1) is 4.92 Å². The Balaban J connectivity index is 1.95. The van der Waals surface area contributed by atoms with Gasteiger partial charge in [0.25, 0.3) is 5.69 Å². The van der Waals surface area contributed by atoms with Crippen LogP contribution in [0.25, 0.3) is 6.08 Å². The van der Waals surface area contributed by atoms with E-state index >= 15 is 0 Å². The smallest absolute Gasteiger partial charge is 0.270 e. The van der Waals surface area contributed by atoms with E-state index in [9.17, 15) is 14.9 Å². The standard InChI is InChI=1S/C20H20N2O4/c1-3-13-26-19-10-7-17(8-11-19)15-21(2)20(23)12-9-16-5-4-6-18(14-16)22(24)25/h3-12,14H,1,13,15H2,2H3/b12-9+. The van der Waals surface area contributed by atoms with E-state index in [2.05, 4.69) is 6.58 Å².